The Hall–Kier alpha value is -3.03. The van der Waals surface area contributed by atoms with Crippen molar-refractivity contribution in [3.8, 4) is 0 Å². The van der Waals surface area contributed by atoms with E-state index in [0.29, 0.717) is 25.9 Å². The highest BCUT2D eigenvalue weighted by Crippen LogP contribution is 2.27. The van der Waals surface area contributed by atoms with Crippen molar-refractivity contribution in [1.29, 1.82) is 0 Å². The van der Waals surface area contributed by atoms with Crippen LogP contribution in [0.1, 0.15) is 55.4 Å². The number of carbonyl (C=O) groups excluding carboxylic acids is 1. The molecule has 44 heavy (non-hydrogen) atoms. The van der Waals surface area contributed by atoms with Crippen molar-refractivity contribution in [3.05, 3.63) is 98.2 Å². The van der Waals surface area contributed by atoms with E-state index in [9.17, 15) is 23.1 Å². The van der Waals surface area contributed by atoms with Crippen LogP contribution in [0.2, 0.25) is 0 Å². The van der Waals surface area contributed by atoms with Crippen LogP contribution in [0, 0.1) is 0 Å². The number of hydrogen-bond acceptors (Lipinski definition) is 7. The lowest BCUT2D eigenvalue weighted by Crippen LogP contribution is -2.57. The fraction of sp³-hybridized carbons (Fsp3) is 0.375. The zero-order valence-electron chi connectivity index (χ0n) is 25.2. The maximum atomic E-state index is 14.3. The van der Waals surface area contributed by atoms with Crippen molar-refractivity contribution in [2.75, 3.05) is 6.54 Å². The minimum atomic E-state index is -3.72. The molecule has 3 heterocycles. The third kappa shape index (κ3) is 9.01. The third-order valence-corrected chi connectivity index (χ3v) is 12.1. The van der Waals surface area contributed by atoms with Crippen LogP contribution in [0.5, 0.6) is 0 Å². The van der Waals surface area contributed by atoms with Gasteiger partial charge in [0.2, 0.25) is 5.91 Å². The van der Waals surface area contributed by atoms with Crippen LogP contribution >= 0.6 is 34.0 Å². The molecule has 4 aromatic rings. The molecule has 3 aromatic heterocycles. The first-order valence-corrected chi connectivity index (χ1v) is 18.5. The van der Waals surface area contributed by atoms with Crippen LogP contribution in [0.25, 0.3) is 0 Å². The number of carboxylic acid groups (broad SMARTS) is 1. The summed E-state index contributed by atoms with van der Waals surface area (Å²) in [6, 6.07) is 19.7. The molecule has 0 aliphatic carbocycles. The maximum absolute atomic E-state index is 14.3. The van der Waals surface area contributed by atoms with Gasteiger partial charge in [0.25, 0.3) is 10.0 Å². The highest BCUT2D eigenvalue weighted by molar-refractivity contribution is 7.91. The van der Waals surface area contributed by atoms with Gasteiger partial charge in [-0.3, -0.25) is 9.69 Å². The summed E-state index contributed by atoms with van der Waals surface area (Å²) < 4.78 is 28.9. The van der Waals surface area contributed by atoms with E-state index in [4.69, 9.17) is 0 Å². The molecule has 0 fully saturated rings. The Morgan fingerprint density at radius 1 is 0.795 bits per heavy atom. The highest BCUT2D eigenvalue weighted by atomic mass is 32.2. The lowest BCUT2D eigenvalue weighted by molar-refractivity contribution is -0.139. The largest absolute Gasteiger partial charge is 0.465 e. The van der Waals surface area contributed by atoms with Crippen molar-refractivity contribution in [3.63, 3.8) is 0 Å². The molecule has 0 aliphatic rings. The summed E-state index contributed by atoms with van der Waals surface area (Å²) in [6.45, 7) is 6.60. The Morgan fingerprint density at radius 3 is 1.89 bits per heavy atom. The number of benzene rings is 1. The minimum Gasteiger partial charge on any atom is -0.465 e. The molecule has 236 valence electrons. The molecule has 1 N–H and O–H groups in total. The molecular weight excluding hydrogens is 635 g/mol. The Morgan fingerprint density at radius 2 is 1.39 bits per heavy atom. The van der Waals surface area contributed by atoms with Gasteiger partial charge in [-0.15, -0.1) is 34.0 Å². The van der Waals surface area contributed by atoms with Gasteiger partial charge in [0.15, 0.2) is 0 Å². The van der Waals surface area contributed by atoms with Crippen LogP contribution in [-0.4, -0.2) is 57.8 Å². The molecule has 0 saturated carbocycles. The van der Waals surface area contributed by atoms with Gasteiger partial charge < -0.3 is 10.0 Å². The van der Waals surface area contributed by atoms with E-state index >= 15 is 0 Å². The van der Waals surface area contributed by atoms with Crippen LogP contribution < -0.4 is 0 Å². The van der Waals surface area contributed by atoms with E-state index in [2.05, 4.69) is 0 Å². The average molecular weight is 674 g/mol. The zero-order valence-corrected chi connectivity index (χ0v) is 28.4. The second-order valence-electron chi connectivity index (χ2n) is 11.4. The average Bonchev–Trinajstić information content (AvgIpc) is 3.77. The highest BCUT2D eigenvalue weighted by Gasteiger charge is 2.39. The Bertz CT molecular complexity index is 1510. The van der Waals surface area contributed by atoms with E-state index in [1.807, 2.05) is 65.4 Å². The van der Waals surface area contributed by atoms with Gasteiger partial charge in [-0.05, 0) is 79.9 Å². The fourth-order valence-corrected chi connectivity index (χ4v) is 9.14. The molecule has 2 amide bonds. The van der Waals surface area contributed by atoms with Crippen LogP contribution in [-0.2, 0) is 34.5 Å². The van der Waals surface area contributed by atoms with Gasteiger partial charge in [0, 0.05) is 28.4 Å². The third-order valence-electron chi connectivity index (χ3n) is 7.12. The number of unbranched alkanes of at least 4 members (excludes halogenated alkanes) is 1. The van der Waals surface area contributed by atoms with E-state index in [1.165, 1.54) is 20.5 Å². The normalized spacial score (nSPS) is 12.7. The lowest BCUT2D eigenvalue weighted by Gasteiger charge is -2.41. The summed E-state index contributed by atoms with van der Waals surface area (Å²) in [5.41, 5.74) is 0.0502. The van der Waals surface area contributed by atoms with Gasteiger partial charge in [0.1, 0.15) is 10.3 Å². The van der Waals surface area contributed by atoms with Gasteiger partial charge in [-0.2, -0.15) is 4.31 Å². The SMILES string of the molecule is CC(C)(C)N(C(=O)O)C(CCCCN(Cc1ccccc1)S(=O)(=O)c1cccs1)C(=O)N(Cc1cccs1)Cc1cccs1. The number of hydrogen-bond donors (Lipinski definition) is 1. The molecule has 4 rings (SSSR count). The molecule has 0 radical (unpaired) electrons. The molecule has 1 atom stereocenters. The smallest absolute Gasteiger partial charge is 0.408 e. The van der Waals surface area contributed by atoms with Gasteiger partial charge in [-0.1, -0.05) is 48.5 Å². The quantitative estimate of drug-likeness (QED) is 0.131. The first kappa shape index (κ1) is 33.9. The molecule has 1 aromatic carbocycles. The van der Waals surface area contributed by atoms with E-state index in [-0.39, 0.29) is 29.6 Å². The molecule has 12 heteroatoms. The van der Waals surface area contributed by atoms with Gasteiger partial charge in [0.05, 0.1) is 13.1 Å². The first-order chi connectivity index (χ1) is 21.0. The van der Waals surface area contributed by atoms with Gasteiger partial charge in [-0.25, -0.2) is 13.2 Å². The predicted octanol–water partition coefficient (Wildman–Crippen LogP) is 7.61. The second kappa shape index (κ2) is 15.3. The van der Waals surface area contributed by atoms with E-state index < -0.39 is 27.7 Å². The molecule has 8 nitrogen and oxygen atoms in total. The summed E-state index contributed by atoms with van der Waals surface area (Å²) >= 11 is 4.30. The van der Waals surface area contributed by atoms with Crippen LogP contribution in [0.4, 0.5) is 4.79 Å². The molecule has 0 spiro atoms. The predicted molar refractivity (Wildman–Crippen MR) is 179 cm³/mol. The second-order valence-corrected chi connectivity index (χ2v) is 16.6. The first-order valence-electron chi connectivity index (χ1n) is 14.4. The van der Waals surface area contributed by atoms with Crippen LogP contribution in [0.15, 0.2) is 87.1 Å². The fourth-order valence-electron chi connectivity index (χ4n) is 5.09. The van der Waals surface area contributed by atoms with Crippen molar-refractivity contribution >= 4 is 56.0 Å². The maximum Gasteiger partial charge on any atom is 0.408 e. The standard InChI is InChI=1S/C32H39N3O5S4/c1-32(2,3)35(31(37)38)28(30(36)33(23-26-14-9-19-41-26)24-27-15-10-20-42-27)16-7-8-18-34(22-25-12-5-4-6-13-25)44(39,40)29-17-11-21-43-29/h4-6,9-15,17,19-21,28H,7-8,16,18,22-24H2,1-3H3,(H,37,38). The van der Waals surface area contributed by atoms with Gasteiger partial charge >= 0.3 is 6.09 Å². The lowest BCUT2D eigenvalue weighted by atomic mass is 9.98. The Balaban J connectivity index is 1.55. The topological polar surface area (TPSA) is 98.2 Å². The molecule has 0 bridgehead atoms. The monoisotopic (exact) mass is 673 g/mol. The number of sulfonamides is 1. The van der Waals surface area contributed by atoms with Crippen molar-refractivity contribution in [2.24, 2.45) is 0 Å². The number of amides is 2. The number of carbonyl (C=O) groups is 2. The molecule has 1 unspecified atom stereocenters. The summed E-state index contributed by atoms with van der Waals surface area (Å²) in [5, 5.41) is 16.0. The zero-order chi connectivity index (χ0) is 31.7. The Kier molecular flexibility index (Phi) is 11.8. The van der Waals surface area contributed by atoms with E-state index in [1.54, 1.807) is 65.9 Å². The summed E-state index contributed by atoms with van der Waals surface area (Å²) in [7, 11) is -3.72. The van der Waals surface area contributed by atoms with Crippen molar-refractivity contribution in [1.82, 2.24) is 14.1 Å². The molecule has 0 saturated heterocycles. The number of thiophene rings is 3. The Labute approximate surface area is 272 Å². The van der Waals surface area contributed by atoms with Crippen molar-refractivity contribution in [2.45, 2.75) is 75.5 Å². The summed E-state index contributed by atoms with van der Waals surface area (Å²) in [5.74, 6) is -0.253. The van der Waals surface area contributed by atoms with E-state index in [0.717, 1.165) is 15.3 Å². The number of nitrogens with zero attached hydrogens (tertiary/aromatic N) is 3. The summed E-state index contributed by atoms with van der Waals surface area (Å²) in [4.78, 5) is 32.0. The summed E-state index contributed by atoms with van der Waals surface area (Å²) in [6.07, 6.45) is 0.0441. The number of rotatable bonds is 15. The molecule has 0 aliphatic heterocycles. The van der Waals surface area contributed by atoms with Crippen molar-refractivity contribution < 1.29 is 23.1 Å². The molecular formula is C32H39N3O5S4. The van der Waals surface area contributed by atoms with Crippen LogP contribution in [0.3, 0.4) is 0 Å². The minimum absolute atomic E-state index is 0.224.